The molecular weight excluding hydrogens is 282 g/mol. The molecule has 1 atom stereocenters. The van der Waals surface area contributed by atoms with E-state index in [1.54, 1.807) is 6.26 Å². The molecular formula is C13H20BrNO2. The van der Waals surface area contributed by atoms with Gasteiger partial charge < -0.3 is 15.3 Å². The van der Waals surface area contributed by atoms with E-state index < -0.39 is 6.10 Å². The molecule has 0 amide bonds. The molecule has 96 valence electrons. The minimum Gasteiger partial charge on any atom is -0.465 e. The van der Waals surface area contributed by atoms with Gasteiger partial charge in [0, 0.05) is 12.0 Å². The van der Waals surface area contributed by atoms with Gasteiger partial charge in [0.25, 0.3) is 0 Å². The summed E-state index contributed by atoms with van der Waals surface area (Å²) in [6.45, 7) is 2.77. The molecule has 0 bridgehead atoms. The first-order chi connectivity index (χ1) is 8.09. The zero-order chi connectivity index (χ0) is 12.5. The minimum absolute atomic E-state index is 0.215. The number of rotatable bonds is 3. The fourth-order valence-corrected chi connectivity index (χ4v) is 3.12. The fourth-order valence-electron chi connectivity index (χ4n) is 2.70. The van der Waals surface area contributed by atoms with Crippen molar-refractivity contribution in [2.45, 2.75) is 38.7 Å². The lowest BCUT2D eigenvalue weighted by molar-refractivity contribution is -0.0216. The molecule has 1 aliphatic carbocycles. The van der Waals surface area contributed by atoms with Gasteiger partial charge in [0.15, 0.2) is 0 Å². The summed E-state index contributed by atoms with van der Waals surface area (Å²) >= 11 is 3.40. The van der Waals surface area contributed by atoms with Crippen molar-refractivity contribution in [1.29, 1.82) is 0 Å². The maximum absolute atomic E-state index is 10.5. The molecule has 0 aliphatic heterocycles. The Balaban J connectivity index is 2.21. The molecule has 1 aromatic rings. The van der Waals surface area contributed by atoms with Gasteiger partial charge in [-0.2, -0.15) is 0 Å². The lowest BCUT2D eigenvalue weighted by Gasteiger charge is -2.41. The third kappa shape index (κ3) is 2.44. The Hall–Kier alpha value is -0.320. The minimum atomic E-state index is -0.607. The summed E-state index contributed by atoms with van der Waals surface area (Å²) in [5, 5.41) is 10.5. The topological polar surface area (TPSA) is 59.4 Å². The van der Waals surface area contributed by atoms with E-state index in [1.165, 1.54) is 0 Å². The van der Waals surface area contributed by atoms with E-state index >= 15 is 0 Å². The van der Waals surface area contributed by atoms with Crippen molar-refractivity contribution in [2.24, 2.45) is 17.1 Å². The van der Waals surface area contributed by atoms with E-state index in [2.05, 4.69) is 22.9 Å². The maximum Gasteiger partial charge on any atom is 0.147 e. The third-order valence-corrected chi connectivity index (χ3v) is 4.80. The molecule has 0 aromatic carbocycles. The molecule has 1 aromatic heterocycles. The molecule has 0 saturated heterocycles. The normalized spacial score (nSPS) is 31.4. The van der Waals surface area contributed by atoms with Crippen molar-refractivity contribution in [3.8, 4) is 0 Å². The van der Waals surface area contributed by atoms with Crippen LogP contribution in [0.2, 0.25) is 0 Å². The van der Waals surface area contributed by atoms with E-state index in [1.807, 2.05) is 6.07 Å². The van der Waals surface area contributed by atoms with Crippen LogP contribution in [0.25, 0.3) is 0 Å². The van der Waals surface area contributed by atoms with E-state index in [9.17, 15) is 5.11 Å². The van der Waals surface area contributed by atoms with Crippen molar-refractivity contribution in [1.82, 2.24) is 0 Å². The Labute approximate surface area is 111 Å². The van der Waals surface area contributed by atoms with Gasteiger partial charge in [-0.25, -0.2) is 0 Å². The molecule has 1 aliphatic rings. The average Bonchev–Trinajstić information content (AvgIpc) is 2.76. The summed E-state index contributed by atoms with van der Waals surface area (Å²) in [5.74, 6) is 1.35. The van der Waals surface area contributed by atoms with Gasteiger partial charge in [-0.3, -0.25) is 0 Å². The second kappa shape index (κ2) is 5.12. The van der Waals surface area contributed by atoms with Gasteiger partial charge in [0.05, 0.1) is 10.7 Å². The molecule has 1 unspecified atom stereocenters. The van der Waals surface area contributed by atoms with Crippen LogP contribution in [0, 0.1) is 11.3 Å². The highest BCUT2D eigenvalue weighted by Gasteiger charge is 2.42. The highest BCUT2D eigenvalue weighted by Crippen LogP contribution is 2.48. The molecule has 2 rings (SSSR count). The third-order valence-electron chi connectivity index (χ3n) is 4.15. The van der Waals surface area contributed by atoms with Crippen molar-refractivity contribution in [2.75, 3.05) is 6.54 Å². The first-order valence-electron chi connectivity index (χ1n) is 6.20. The highest BCUT2D eigenvalue weighted by atomic mass is 79.9. The van der Waals surface area contributed by atoms with Crippen molar-refractivity contribution in [3.05, 3.63) is 22.6 Å². The zero-order valence-corrected chi connectivity index (χ0v) is 11.7. The van der Waals surface area contributed by atoms with Crippen LogP contribution in [0.4, 0.5) is 0 Å². The second-order valence-corrected chi connectivity index (χ2v) is 6.14. The quantitative estimate of drug-likeness (QED) is 0.901. The van der Waals surface area contributed by atoms with Gasteiger partial charge >= 0.3 is 0 Å². The maximum atomic E-state index is 10.5. The lowest BCUT2D eigenvalue weighted by Crippen LogP contribution is -2.39. The van der Waals surface area contributed by atoms with Crippen LogP contribution in [-0.4, -0.2) is 11.7 Å². The number of furan rings is 1. The van der Waals surface area contributed by atoms with Crippen LogP contribution in [0.15, 0.2) is 21.2 Å². The number of hydrogen-bond acceptors (Lipinski definition) is 3. The number of halogens is 1. The smallest absolute Gasteiger partial charge is 0.147 e. The molecule has 1 saturated carbocycles. The molecule has 1 heterocycles. The van der Waals surface area contributed by atoms with Crippen molar-refractivity contribution in [3.63, 3.8) is 0 Å². The van der Waals surface area contributed by atoms with Crippen LogP contribution < -0.4 is 5.73 Å². The number of aliphatic hydroxyl groups excluding tert-OH is 1. The van der Waals surface area contributed by atoms with Gasteiger partial charge in [0.2, 0.25) is 0 Å². The van der Waals surface area contributed by atoms with E-state index in [0.29, 0.717) is 12.3 Å². The first kappa shape index (κ1) is 13.1. The molecule has 17 heavy (non-hydrogen) atoms. The molecule has 0 radical (unpaired) electrons. The standard InChI is InChI=1S/C13H20BrNO2/c1-9-2-5-13(8-15,6-3-9)12(16)11-10(14)4-7-17-11/h4,7,9,12,16H,2-3,5-6,8,15H2,1H3. The molecule has 0 spiro atoms. The summed E-state index contributed by atoms with van der Waals surface area (Å²) in [6.07, 6.45) is 5.19. The van der Waals surface area contributed by atoms with Crippen molar-refractivity contribution >= 4 is 15.9 Å². The Kier molecular flexibility index (Phi) is 3.95. The van der Waals surface area contributed by atoms with Crippen molar-refractivity contribution < 1.29 is 9.52 Å². The van der Waals surface area contributed by atoms with Gasteiger partial charge in [-0.1, -0.05) is 19.8 Å². The second-order valence-electron chi connectivity index (χ2n) is 5.28. The van der Waals surface area contributed by atoms with Crippen LogP contribution in [0.5, 0.6) is 0 Å². The predicted octanol–water partition coefficient (Wildman–Crippen LogP) is 3.23. The Morgan fingerprint density at radius 1 is 1.59 bits per heavy atom. The zero-order valence-electron chi connectivity index (χ0n) is 10.2. The molecule has 4 heteroatoms. The molecule has 3 nitrogen and oxygen atoms in total. The van der Waals surface area contributed by atoms with Gasteiger partial charge in [-0.05, 0) is 40.8 Å². The monoisotopic (exact) mass is 301 g/mol. The largest absolute Gasteiger partial charge is 0.465 e. The first-order valence-corrected chi connectivity index (χ1v) is 6.99. The summed E-state index contributed by atoms with van der Waals surface area (Å²) in [4.78, 5) is 0. The van der Waals surface area contributed by atoms with Crippen LogP contribution in [0.1, 0.15) is 44.5 Å². The van der Waals surface area contributed by atoms with Crippen LogP contribution in [-0.2, 0) is 0 Å². The molecule has 3 N–H and O–H groups in total. The number of nitrogens with two attached hydrogens (primary N) is 1. The van der Waals surface area contributed by atoms with Crippen LogP contribution >= 0.6 is 15.9 Å². The van der Waals surface area contributed by atoms with Crippen LogP contribution in [0.3, 0.4) is 0 Å². The highest BCUT2D eigenvalue weighted by molar-refractivity contribution is 9.10. The summed E-state index contributed by atoms with van der Waals surface area (Å²) in [5.41, 5.74) is 5.71. The van der Waals surface area contributed by atoms with Gasteiger partial charge in [0.1, 0.15) is 11.9 Å². The Morgan fingerprint density at radius 3 is 2.71 bits per heavy atom. The predicted molar refractivity (Wildman–Crippen MR) is 70.5 cm³/mol. The summed E-state index contributed by atoms with van der Waals surface area (Å²) in [7, 11) is 0. The lowest BCUT2D eigenvalue weighted by atomic mass is 9.67. The molecule has 1 fully saturated rings. The van der Waals surface area contributed by atoms with E-state index in [4.69, 9.17) is 10.2 Å². The Bertz CT molecular complexity index is 369. The number of hydrogen-bond donors (Lipinski definition) is 2. The fraction of sp³-hybridized carbons (Fsp3) is 0.692. The van der Waals surface area contributed by atoms with Gasteiger partial charge in [-0.15, -0.1) is 0 Å². The summed E-state index contributed by atoms with van der Waals surface area (Å²) < 4.78 is 6.21. The SMILES string of the molecule is CC1CCC(CN)(C(O)c2occc2Br)CC1. The number of aliphatic hydroxyl groups is 1. The van der Waals surface area contributed by atoms with E-state index in [-0.39, 0.29) is 5.41 Å². The Morgan fingerprint density at radius 2 is 2.24 bits per heavy atom. The van der Waals surface area contributed by atoms with E-state index in [0.717, 1.165) is 36.1 Å². The average molecular weight is 302 g/mol. The summed E-state index contributed by atoms with van der Waals surface area (Å²) in [6, 6.07) is 1.81.